The van der Waals surface area contributed by atoms with E-state index >= 15 is 0 Å². The molecule has 0 unspecified atom stereocenters. The zero-order valence-electron chi connectivity index (χ0n) is 8.09. The molecule has 2 N–H and O–H groups in total. The quantitative estimate of drug-likeness (QED) is 0.664. The molecule has 72 valence electrons. The number of hydrogen-bond acceptors (Lipinski definition) is 2. The molecule has 0 aliphatic heterocycles. The minimum atomic E-state index is -0.442. The van der Waals surface area contributed by atoms with Gasteiger partial charge in [-0.15, -0.1) is 0 Å². The highest BCUT2D eigenvalue weighted by molar-refractivity contribution is 5.83. The Morgan fingerprint density at radius 2 is 1.93 bits per heavy atom. The number of pyridine rings is 1. The van der Waals surface area contributed by atoms with E-state index in [2.05, 4.69) is 4.98 Å². The van der Waals surface area contributed by atoms with Gasteiger partial charge in [-0.05, 0) is 37.1 Å². The van der Waals surface area contributed by atoms with Crippen LogP contribution < -0.4 is 5.56 Å². The van der Waals surface area contributed by atoms with Crippen molar-refractivity contribution in [2.24, 2.45) is 0 Å². The van der Waals surface area contributed by atoms with Gasteiger partial charge in [0.1, 0.15) is 0 Å². The van der Waals surface area contributed by atoms with Crippen LogP contribution in [0.15, 0.2) is 23.0 Å². The number of H-pyrrole nitrogens is 1. The monoisotopic (exact) mass is 189 g/mol. The Bertz CT molecular complexity index is 555. The number of aromatic nitrogens is 1. The predicted molar refractivity (Wildman–Crippen MR) is 55.7 cm³/mol. The van der Waals surface area contributed by atoms with Gasteiger partial charge in [-0.2, -0.15) is 0 Å². The minimum absolute atomic E-state index is 0.232. The van der Waals surface area contributed by atoms with Gasteiger partial charge in [-0.3, -0.25) is 4.79 Å². The molecule has 1 heterocycles. The molecule has 3 heteroatoms. The van der Waals surface area contributed by atoms with E-state index in [-0.39, 0.29) is 5.75 Å². The van der Waals surface area contributed by atoms with Crippen LogP contribution in [-0.4, -0.2) is 10.1 Å². The molecule has 0 atom stereocenters. The number of aromatic amines is 1. The standard InChI is InChI=1S/C11H11NO2/c1-6-3-7(2)8-5-10(13)11(14)12-9(8)4-6/h3-5,13H,1-2H3,(H,12,14). The highest BCUT2D eigenvalue weighted by Crippen LogP contribution is 2.19. The lowest BCUT2D eigenvalue weighted by molar-refractivity contribution is 0.468. The third-order valence-electron chi connectivity index (χ3n) is 2.29. The van der Waals surface area contributed by atoms with Crippen molar-refractivity contribution in [3.05, 3.63) is 39.7 Å². The van der Waals surface area contributed by atoms with Crippen molar-refractivity contribution >= 4 is 10.9 Å². The number of nitrogens with one attached hydrogen (secondary N) is 1. The Morgan fingerprint density at radius 1 is 1.21 bits per heavy atom. The molecule has 0 radical (unpaired) electrons. The van der Waals surface area contributed by atoms with E-state index in [0.717, 1.165) is 22.0 Å². The molecule has 0 amide bonds. The van der Waals surface area contributed by atoms with Gasteiger partial charge in [0.15, 0.2) is 5.75 Å². The largest absolute Gasteiger partial charge is 0.503 e. The summed E-state index contributed by atoms with van der Waals surface area (Å²) in [7, 11) is 0. The Hall–Kier alpha value is -1.77. The molecule has 0 aliphatic carbocycles. The average molecular weight is 189 g/mol. The third-order valence-corrected chi connectivity index (χ3v) is 2.29. The molecule has 0 spiro atoms. The van der Waals surface area contributed by atoms with Crippen LogP contribution in [-0.2, 0) is 0 Å². The summed E-state index contributed by atoms with van der Waals surface area (Å²) < 4.78 is 0. The first kappa shape index (κ1) is 8.81. The number of rotatable bonds is 0. The van der Waals surface area contributed by atoms with E-state index in [1.54, 1.807) is 0 Å². The zero-order valence-corrected chi connectivity index (χ0v) is 8.09. The molecular weight excluding hydrogens is 178 g/mol. The van der Waals surface area contributed by atoms with Crippen molar-refractivity contribution in [2.75, 3.05) is 0 Å². The second-order valence-electron chi connectivity index (χ2n) is 3.53. The third kappa shape index (κ3) is 1.27. The van der Waals surface area contributed by atoms with Crippen LogP contribution in [0.4, 0.5) is 0 Å². The van der Waals surface area contributed by atoms with Crippen LogP contribution in [0.2, 0.25) is 0 Å². The lowest BCUT2D eigenvalue weighted by Crippen LogP contribution is -2.04. The fourth-order valence-corrected chi connectivity index (χ4v) is 1.66. The number of fused-ring (bicyclic) bond motifs is 1. The minimum Gasteiger partial charge on any atom is -0.503 e. The first-order chi connectivity index (χ1) is 6.58. The number of aromatic hydroxyl groups is 1. The smallest absolute Gasteiger partial charge is 0.290 e. The molecule has 0 saturated carbocycles. The van der Waals surface area contributed by atoms with Crippen LogP contribution in [0.25, 0.3) is 10.9 Å². The van der Waals surface area contributed by atoms with Crippen molar-refractivity contribution in [1.29, 1.82) is 0 Å². The van der Waals surface area contributed by atoms with Gasteiger partial charge in [0.25, 0.3) is 5.56 Å². The van der Waals surface area contributed by atoms with Gasteiger partial charge in [0, 0.05) is 10.9 Å². The van der Waals surface area contributed by atoms with Crippen molar-refractivity contribution < 1.29 is 5.11 Å². The molecule has 0 bridgehead atoms. The Balaban J connectivity index is 2.96. The Labute approximate surface area is 81.0 Å². The fraction of sp³-hybridized carbons (Fsp3) is 0.182. The lowest BCUT2D eigenvalue weighted by atomic mass is 10.1. The van der Waals surface area contributed by atoms with Gasteiger partial charge >= 0.3 is 0 Å². The SMILES string of the molecule is Cc1cc(C)c2cc(O)c(=O)[nH]c2c1. The van der Waals surface area contributed by atoms with Gasteiger partial charge in [-0.1, -0.05) is 6.07 Å². The Kier molecular flexibility index (Phi) is 1.81. The summed E-state index contributed by atoms with van der Waals surface area (Å²) in [6.45, 7) is 3.92. The number of hydrogen-bond donors (Lipinski definition) is 2. The zero-order chi connectivity index (χ0) is 10.3. The van der Waals surface area contributed by atoms with Gasteiger partial charge < -0.3 is 10.1 Å². The van der Waals surface area contributed by atoms with Gasteiger partial charge in [0.2, 0.25) is 0 Å². The van der Waals surface area contributed by atoms with E-state index in [0.29, 0.717) is 0 Å². The second-order valence-corrected chi connectivity index (χ2v) is 3.53. The van der Waals surface area contributed by atoms with Crippen LogP contribution in [0, 0.1) is 13.8 Å². The average Bonchev–Trinajstić information content (AvgIpc) is 2.08. The Morgan fingerprint density at radius 3 is 2.64 bits per heavy atom. The molecule has 0 aliphatic rings. The van der Waals surface area contributed by atoms with Crippen LogP contribution in [0.3, 0.4) is 0 Å². The second kappa shape index (κ2) is 2.87. The number of benzene rings is 1. The summed E-state index contributed by atoms with van der Waals surface area (Å²) in [5, 5.41) is 10.1. The highest BCUT2D eigenvalue weighted by Gasteiger charge is 2.03. The molecule has 0 saturated heterocycles. The van der Waals surface area contributed by atoms with Crippen molar-refractivity contribution in [3.63, 3.8) is 0 Å². The van der Waals surface area contributed by atoms with Crippen LogP contribution >= 0.6 is 0 Å². The summed E-state index contributed by atoms with van der Waals surface area (Å²) in [5.74, 6) is -0.232. The molecule has 2 aromatic rings. The molecular formula is C11H11NO2. The van der Waals surface area contributed by atoms with Crippen molar-refractivity contribution in [3.8, 4) is 5.75 Å². The number of aryl methyl sites for hydroxylation is 2. The lowest BCUT2D eigenvalue weighted by Gasteiger charge is -2.04. The summed E-state index contributed by atoms with van der Waals surface area (Å²) >= 11 is 0. The summed E-state index contributed by atoms with van der Waals surface area (Å²) in [5.41, 5.74) is 2.47. The van der Waals surface area contributed by atoms with E-state index in [9.17, 15) is 9.90 Å². The van der Waals surface area contributed by atoms with E-state index in [1.165, 1.54) is 6.07 Å². The molecule has 2 rings (SSSR count). The van der Waals surface area contributed by atoms with Crippen molar-refractivity contribution in [1.82, 2.24) is 4.98 Å². The molecule has 3 nitrogen and oxygen atoms in total. The summed E-state index contributed by atoms with van der Waals surface area (Å²) in [6, 6.07) is 5.41. The maximum Gasteiger partial charge on any atom is 0.290 e. The molecule has 0 fully saturated rings. The maximum atomic E-state index is 11.2. The normalized spacial score (nSPS) is 10.7. The molecule has 14 heavy (non-hydrogen) atoms. The van der Waals surface area contributed by atoms with E-state index in [4.69, 9.17) is 0 Å². The van der Waals surface area contributed by atoms with E-state index in [1.807, 2.05) is 26.0 Å². The maximum absolute atomic E-state index is 11.2. The van der Waals surface area contributed by atoms with E-state index < -0.39 is 5.56 Å². The molecule has 1 aromatic heterocycles. The van der Waals surface area contributed by atoms with Gasteiger partial charge in [-0.25, -0.2) is 0 Å². The predicted octanol–water partition coefficient (Wildman–Crippen LogP) is 1.85. The topological polar surface area (TPSA) is 53.1 Å². The molecule has 1 aromatic carbocycles. The fourth-order valence-electron chi connectivity index (χ4n) is 1.66. The van der Waals surface area contributed by atoms with Crippen molar-refractivity contribution in [2.45, 2.75) is 13.8 Å². The first-order valence-electron chi connectivity index (χ1n) is 4.41. The summed E-state index contributed by atoms with van der Waals surface area (Å²) in [4.78, 5) is 13.8. The van der Waals surface area contributed by atoms with Crippen LogP contribution in [0.5, 0.6) is 5.75 Å². The first-order valence-corrected chi connectivity index (χ1v) is 4.41. The van der Waals surface area contributed by atoms with Gasteiger partial charge in [0.05, 0.1) is 0 Å². The highest BCUT2D eigenvalue weighted by atomic mass is 16.3. The summed E-state index contributed by atoms with van der Waals surface area (Å²) in [6.07, 6.45) is 0. The van der Waals surface area contributed by atoms with Crippen LogP contribution in [0.1, 0.15) is 11.1 Å².